The molecule has 2 unspecified atom stereocenters. The lowest BCUT2D eigenvalue weighted by molar-refractivity contribution is -0.132. The van der Waals surface area contributed by atoms with E-state index in [1.165, 1.54) is 12.1 Å². The van der Waals surface area contributed by atoms with E-state index in [4.69, 9.17) is 5.73 Å². The molecule has 1 heterocycles. The van der Waals surface area contributed by atoms with E-state index in [1.807, 2.05) is 0 Å². The van der Waals surface area contributed by atoms with Crippen LogP contribution in [0, 0.1) is 17.7 Å². The maximum absolute atomic E-state index is 13.3. The van der Waals surface area contributed by atoms with E-state index in [2.05, 4.69) is 0 Å². The molecule has 5 heteroatoms. The Bertz CT molecular complexity index is 502. The first kappa shape index (κ1) is 11.2. The van der Waals surface area contributed by atoms with Crippen LogP contribution in [0.3, 0.4) is 0 Å². The summed E-state index contributed by atoms with van der Waals surface area (Å²) in [7, 11) is 0. The lowest BCUT2D eigenvalue weighted by Crippen LogP contribution is -2.46. The van der Waals surface area contributed by atoms with Crippen molar-refractivity contribution in [3.63, 3.8) is 0 Å². The Balaban J connectivity index is 2.04. The van der Waals surface area contributed by atoms with E-state index in [9.17, 15) is 14.0 Å². The number of halogens is 1. The molecular weight excluding hydrogens is 235 g/mol. The van der Waals surface area contributed by atoms with Gasteiger partial charge in [-0.3, -0.25) is 9.59 Å². The molecular formula is C13H13FN2O2. The number of imide groups is 1. The van der Waals surface area contributed by atoms with Gasteiger partial charge in [-0.25, -0.2) is 9.29 Å². The first-order chi connectivity index (χ1) is 8.56. The van der Waals surface area contributed by atoms with Gasteiger partial charge in [-0.05, 0) is 37.5 Å². The summed E-state index contributed by atoms with van der Waals surface area (Å²) < 4.78 is 13.3. The molecule has 94 valence electrons. The number of hydrogen-bond acceptors (Lipinski definition) is 3. The van der Waals surface area contributed by atoms with Gasteiger partial charge in [0.2, 0.25) is 11.8 Å². The third kappa shape index (κ3) is 1.58. The van der Waals surface area contributed by atoms with Crippen molar-refractivity contribution in [2.45, 2.75) is 19.3 Å². The summed E-state index contributed by atoms with van der Waals surface area (Å²) in [5.41, 5.74) is 6.01. The lowest BCUT2D eigenvalue weighted by Gasteiger charge is -2.29. The predicted octanol–water partition coefficient (Wildman–Crippen LogP) is 1.70. The summed E-state index contributed by atoms with van der Waals surface area (Å²) in [5, 5.41) is 0. The minimum atomic E-state index is -0.538. The number of anilines is 2. The second-order valence-electron chi connectivity index (χ2n) is 4.96. The van der Waals surface area contributed by atoms with Crippen molar-refractivity contribution >= 4 is 23.2 Å². The number of benzene rings is 1. The minimum absolute atomic E-state index is 0.0998. The number of nitrogens with zero attached hydrogens (tertiary/aromatic N) is 1. The summed E-state index contributed by atoms with van der Waals surface area (Å²) in [5.74, 6) is -1.18. The molecule has 18 heavy (non-hydrogen) atoms. The van der Waals surface area contributed by atoms with Crippen LogP contribution in [0.1, 0.15) is 19.3 Å². The highest BCUT2D eigenvalue weighted by Crippen LogP contribution is 2.40. The summed E-state index contributed by atoms with van der Waals surface area (Å²) in [6, 6.07) is 3.80. The summed E-state index contributed by atoms with van der Waals surface area (Å²) in [6.45, 7) is 0. The van der Waals surface area contributed by atoms with E-state index in [1.54, 1.807) is 0 Å². The highest BCUT2D eigenvalue weighted by atomic mass is 19.1. The first-order valence-electron chi connectivity index (χ1n) is 6.00. The Morgan fingerprint density at radius 3 is 2.28 bits per heavy atom. The Hall–Kier alpha value is -1.91. The van der Waals surface area contributed by atoms with E-state index in [-0.39, 0.29) is 35.0 Å². The van der Waals surface area contributed by atoms with E-state index in [0.717, 1.165) is 23.8 Å². The summed E-state index contributed by atoms with van der Waals surface area (Å²) in [4.78, 5) is 25.4. The molecule has 2 bridgehead atoms. The molecule has 1 saturated heterocycles. The molecule has 1 aliphatic heterocycles. The summed E-state index contributed by atoms with van der Waals surface area (Å²) in [6.07, 6.45) is 2.13. The van der Waals surface area contributed by atoms with Gasteiger partial charge in [0, 0.05) is 17.5 Å². The third-order valence-corrected chi connectivity index (χ3v) is 3.73. The van der Waals surface area contributed by atoms with Gasteiger partial charge in [-0.2, -0.15) is 0 Å². The molecule has 0 aromatic heterocycles. The predicted molar refractivity (Wildman–Crippen MR) is 64.1 cm³/mol. The molecule has 1 saturated carbocycles. The Labute approximate surface area is 104 Å². The van der Waals surface area contributed by atoms with Gasteiger partial charge in [0.15, 0.2) is 0 Å². The maximum atomic E-state index is 13.3. The van der Waals surface area contributed by atoms with Gasteiger partial charge < -0.3 is 5.73 Å². The lowest BCUT2D eigenvalue weighted by atomic mass is 9.96. The molecule has 1 aromatic rings. The molecule has 1 aliphatic carbocycles. The number of carbonyl (C=O) groups excluding carboxylic acids is 2. The van der Waals surface area contributed by atoms with Crippen LogP contribution >= 0.6 is 0 Å². The van der Waals surface area contributed by atoms with Crippen LogP contribution in [0.25, 0.3) is 0 Å². The third-order valence-electron chi connectivity index (χ3n) is 3.73. The zero-order chi connectivity index (χ0) is 12.9. The van der Waals surface area contributed by atoms with Gasteiger partial charge >= 0.3 is 0 Å². The Morgan fingerprint density at radius 1 is 1.11 bits per heavy atom. The maximum Gasteiger partial charge on any atom is 0.236 e. The molecule has 2 atom stereocenters. The second kappa shape index (κ2) is 3.80. The van der Waals surface area contributed by atoms with Crippen LogP contribution < -0.4 is 10.6 Å². The van der Waals surface area contributed by atoms with Crippen LogP contribution in [-0.2, 0) is 9.59 Å². The monoisotopic (exact) mass is 248 g/mol. The molecule has 2 N–H and O–H groups in total. The fraction of sp³-hybridized carbons (Fsp3) is 0.385. The number of fused-ring (bicyclic) bond motifs is 2. The smallest absolute Gasteiger partial charge is 0.236 e. The van der Waals surface area contributed by atoms with Crippen molar-refractivity contribution in [1.82, 2.24) is 0 Å². The normalized spacial score (nSPS) is 26.8. The van der Waals surface area contributed by atoms with Crippen molar-refractivity contribution in [2.75, 3.05) is 10.6 Å². The highest BCUT2D eigenvalue weighted by molar-refractivity contribution is 6.18. The van der Waals surface area contributed by atoms with Crippen LogP contribution in [-0.4, -0.2) is 11.8 Å². The van der Waals surface area contributed by atoms with Crippen LogP contribution in [0.5, 0.6) is 0 Å². The fourth-order valence-electron chi connectivity index (χ4n) is 2.88. The van der Waals surface area contributed by atoms with Crippen molar-refractivity contribution in [1.29, 1.82) is 0 Å². The Kier molecular flexibility index (Phi) is 2.36. The number of nitrogen functional groups attached to an aromatic ring is 1. The molecule has 0 radical (unpaired) electrons. The molecule has 2 amide bonds. The number of nitrogens with two attached hydrogens (primary N) is 1. The average Bonchev–Trinajstić information content (AvgIpc) is 2.72. The van der Waals surface area contributed by atoms with Crippen molar-refractivity contribution in [3.05, 3.63) is 24.0 Å². The zero-order valence-corrected chi connectivity index (χ0v) is 9.73. The number of piperidine rings is 1. The second-order valence-corrected chi connectivity index (χ2v) is 4.96. The number of rotatable bonds is 1. The first-order valence-corrected chi connectivity index (χ1v) is 6.00. The minimum Gasteiger partial charge on any atom is -0.399 e. The van der Waals surface area contributed by atoms with Crippen LogP contribution in [0.15, 0.2) is 18.2 Å². The topological polar surface area (TPSA) is 63.4 Å². The quantitative estimate of drug-likeness (QED) is 0.607. The number of carbonyl (C=O) groups is 2. The van der Waals surface area contributed by atoms with Gasteiger partial charge in [-0.15, -0.1) is 0 Å². The molecule has 1 aromatic carbocycles. The van der Waals surface area contributed by atoms with Gasteiger partial charge in [0.25, 0.3) is 0 Å². The average molecular weight is 248 g/mol. The van der Waals surface area contributed by atoms with Crippen molar-refractivity contribution < 1.29 is 14.0 Å². The number of hydrogen-bond donors (Lipinski definition) is 1. The Morgan fingerprint density at radius 2 is 1.72 bits per heavy atom. The molecule has 4 nitrogen and oxygen atoms in total. The van der Waals surface area contributed by atoms with Crippen LogP contribution in [0.2, 0.25) is 0 Å². The van der Waals surface area contributed by atoms with Crippen molar-refractivity contribution in [3.8, 4) is 0 Å². The fourth-order valence-corrected chi connectivity index (χ4v) is 2.88. The molecule has 3 rings (SSSR count). The van der Waals surface area contributed by atoms with Crippen LogP contribution in [0.4, 0.5) is 15.8 Å². The molecule has 0 spiro atoms. The standard InChI is InChI=1S/C13H13FN2O2/c14-9-4-10(15)6-11(5-9)16-12(17)7-1-2-8(3-7)13(16)18/h4-8H,1-3,15H2. The van der Waals surface area contributed by atoms with Gasteiger partial charge in [-0.1, -0.05) is 0 Å². The van der Waals surface area contributed by atoms with Gasteiger partial charge in [0.05, 0.1) is 5.69 Å². The highest BCUT2D eigenvalue weighted by Gasteiger charge is 2.45. The largest absolute Gasteiger partial charge is 0.399 e. The van der Waals surface area contributed by atoms with E-state index in [0.29, 0.717) is 6.42 Å². The van der Waals surface area contributed by atoms with E-state index >= 15 is 0 Å². The van der Waals surface area contributed by atoms with Crippen molar-refractivity contribution in [2.24, 2.45) is 11.8 Å². The summed E-state index contributed by atoms with van der Waals surface area (Å²) >= 11 is 0. The molecule has 2 fully saturated rings. The SMILES string of the molecule is Nc1cc(F)cc(N2C(=O)C3CCC(C3)C2=O)c1. The van der Waals surface area contributed by atoms with Gasteiger partial charge in [0.1, 0.15) is 5.82 Å². The zero-order valence-electron chi connectivity index (χ0n) is 9.73. The van der Waals surface area contributed by atoms with E-state index < -0.39 is 5.82 Å². The molecule has 2 aliphatic rings. The number of amides is 2.